The fourth-order valence-corrected chi connectivity index (χ4v) is 2.38. The normalized spacial score (nSPS) is 11.4. The lowest BCUT2D eigenvalue weighted by molar-refractivity contribution is 0.598. The van der Waals surface area contributed by atoms with Gasteiger partial charge in [0.2, 0.25) is 0 Å². The van der Waals surface area contributed by atoms with E-state index in [1.807, 2.05) is 0 Å². The standard InChI is InChI=1S/C9H9BrN4O2S/c1-14-5-9(12-6-14)17(15,16)13-8-3-2-7(10)4-11-8/h2-6H,1H3,(H,11,13). The number of pyridine rings is 1. The number of halogens is 1. The molecular formula is C9H9BrN4O2S. The van der Waals surface area contributed by atoms with E-state index in [-0.39, 0.29) is 10.8 Å². The van der Waals surface area contributed by atoms with Crippen LogP contribution in [0.5, 0.6) is 0 Å². The lowest BCUT2D eigenvalue weighted by Crippen LogP contribution is -2.14. The monoisotopic (exact) mass is 316 g/mol. The van der Waals surface area contributed by atoms with Gasteiger partial charge < -0.3 is 4.57 Å². The Kier molecular flexibility index (Phi) is 3.16. The molecule has 2 aromatic heterocycles. The molecule has 0 fully saturated rings. The topological polar surface area (TPSA) is 76.9 Å². The van der Waals surface area contributed by atoms with E-state index in [2.05, 4.69) is 30.6 Å². The molecule has 0 aromatic carbocycles. The Labute approximate surface area is 107 Å². The molecule has 6 nitrogen and oxygen atoms in total. The minimum atomic E-state index is -3.67. The van der Waals surface area contributed by atoms with E-state index in [0.717, 1.165) is 4.47 Å². The molecule has 0 aliphatic rings. The van der Waals surface area contributed by atoms with E-state index in [0.29, 0.717) is 0 Å². The summed E-state index contributed by atoms with van der Waals surface area (Å²) < 4.78 is 28.4. The molecule has 0 saturated heterocycles. The van der Waals surface area contributed by atoms with Crippen LogP contribution in [0.1, 0.15) is 0 Å². The molecule has 0 aliphatic carbocycles. The van der Waals surface area contributed by atoms with Crippen LogP contribution >= 0.6 is 15.9 Å². The van der Waals surface area contributed by atoms with Crippen LogP contribution in [-0.2, 0) is 17.1 Å². The maximum atomic E-state index is 11.9. The maximum Gasteiger partial charge on any atom is 0.282 e. The Hall–Kier alpha value is -1.41. The van der Waals surface area contributed by atoms with E-state index in [1.165, 1.54) is 18.7 Å². The van der Waals surface area contributed by atoms with Crippen LogP contribution in [0.4, 0.5) is 5.82 Å². The van der Waals surface area contributed by atoms with E-state index >= 15 is 0 Å². The first-order valence-electron chi connectivity index (χ1n) is 4.60. The van der Waals surface area contributed by atoms with E-state index in [1.54, 1.807) is 23.7 Å². The second-order valence-corrected chi connectivity index (χ2v) is 5.89. The number of nitrogens with one attached hydrogen (secondary N) is 1. The number of sulfonamides is 1. The van der Waals surface area contributed by atoms with Crippen molar-refractivity contribution in [3.63, 3.8) is 0 Å². The van der Waals surface area contributed by atoms with Crippen molar-refractivity contribution in [3.05, 3.63) is 35.3 Å². The van der Waals surface area contributed by atoms with Crippen molar-refractivity contribution < 1.29 is 8.42 Å². The highest BCUT2D eigenvalue weighted by Gasteiger charge is 2.17. The second kappa shape index (κ2) is 4.46. The molecule has 1 N–H and O–H groups in total. The minimum absolute atomic E-state index is 0.0373. The molecule has 0 amide bonds. The van der Waals surface area contributed by atoms with Gasteiger partial charge in [0.05, 0.1) is 6.33 Å². The summed E-state index contributed by atoms with van der Waals surface area (Å²) in [5.41, 5.74) is 0. The Balaban J connectivity index is 2.26. The number of nitrogens with zero attached hydrogens (tertiary/aromatic N) is 3. The van der Waals surface area contributed by atoms with Gasteiger partial charge in [0.25, 0.3) is 10.0 Å². The molecule has 0 bridgehead atoms. The van der Waals surface area contributed by atoms with Crippen LogP contribution in [0.3, 0.4) is 0 Å². The minimum Gasteiger partial charge on any atom is -0.339 e. The molecule has 17 heavy (non-hydrogen) atoms. The largest absolute Gasteiger partial charge is 0.339 e. The molecule has 0 aliphatic heterocycles. The molecule has 2 aromatic rings. The van der Waals surface area contributed by atoms with E-state index in [9.17, 15) is 8.42 Å². The second-order valence-electron chi connectivity index (χ2n) is 3.34. The summed E-state index contributed by atoms with van der Waals surface area (Å²) in [7, 11) is -1.97. The fourth-order valence-electron chi connectivity index (χ4n) is 1.15. The van der Waals surface area contributed by atoms with Gasteiger partial charge in [-0.05, 0) is 28.1 Å². The first kappa shape index (κ1) is 12.1. The van der Waals surface area contributed by atoms with Crippen LogP contribution < -0.4 is 4.72 Å². The fraction of sp³-hybridized carbons (Fsp3) is 0.111. The van der Waals surface area contributed by atoms with Crippen molar-refractivity contribution >= 4 is 31.8 Å². The SMILES string of the molecule is Cn1cnc(S(=O)(=O)Nc2ccc(Br)cn2)c1. The number of imidazole rings is 1. The van der Waals surface area contributed by atoms with Gasteiger partial charge in [-0.2, -0.15) is 8.42 Å². The summed E-state index contributed by atoms with van der Waals surface area (Å²) in [4.78, 5) is 7.70. The number of hydrogen-bond donors (Lipinski definition) is 1. The number of aromatic nitrogens is 3. The van der Waals surface area contributed by atoms with Crippen LogP contribution in [0.15, 0.2) is 40.4 Å². The lowest BCUT2D eigenvalue weighted by atomic mass is 10.5. The number of aryl methyl sites for hydroxylation is 1. The predicted octanol–water partition coefficient (Wildman–Crippen LogP) is 1.38. The van der Waals surface area contributed by atoms with E-state index in [4.69, 9.17) is 0 Å². The molecule has 2 heterocycles. The Morgan fingerprint density at radius 2 is 2.12 bits per heavy atom. The first-order chi connectivity index (χ1) is 7.97. The van der Waals surface area contributed by atoms with Gasteiger partial charge in [0.15, 0.2) is 5.03 Å². The molecule has 0 saturated carbocycles. The molecule has 8 heteroatoms. The lowest BCUT2D eigenvalue weighted by Gasteiger charge is -2.04. The predicted molar refractivity (Wildman–Crippen MR) is 66.0 cm³/mol. The average Bonchev–Trinajstić information content (AvgIpc) is 2.69. The quantitative estimate of drug-likeness (QED) is 0.928. The summed E-state index contributed by atoms with van der Waals surface area (Å²) in [6, 6.07) is 3.26. The Morgan fingerprint density at radius 3 is 2.65 bits per heavy atom. The molecule has 0 radical (unpaired) electrons. The van der Waals surface area contributed by atoms with Crippen LogP contribution in [0.2, 0.25) is 0 Å². The van der Waals surface area contributed by atoms with Crippen LogP contribution in [0, 0.1) is 0 Å². The number of hydrogen-bond acceptors (Lipinski definition) is 4. The van der Waals surface area contributed by atoms with Crippen molar-refractivity contribution in [1.82, 2.24) is 14.5 Å². The number of anilines is 1. The number of rotatable bonds is 3. The maximum absolute atomic E-state index is 11.9. The van der Waals surface area contributed by atoms with Gasteiger partial charge in [0.1, 0.15) is 5.82 Å². The van der Waals surface area contributed by atoms with Crippen LogP contribution in [0.25, 0.3) is 0 Å². The van der Waals surface area contributed by atoms with Gasteiger partial charge >= 0.3 is 0 Å². The van der Waals surface area contributed by atoms with Gasteiger partial charge in [-0.15, -0.1) is 0 Å². The third-order valence-electron chi connectivity index (χ3n) is 1.92. The molecule has 0 atom stereocenters. The smallest absolute Gasteiger partial charge is 0.282 e. The van der Waals surface area contributed by atoms with Gasteiger partial charge in [-0.3, -0.25) is 4.72 Å². The highest BCUT2D eigenvalue weighted by molar-refractivity contribution is 9.10. The zero-order chi connectivity index (χ0) is 12.5. The third-order valence-corrected chi connectivity index (χ3v) is 3.63. The molecule has 90 valence electrons. The Morgan fingerprint density at radius 1 is 1.35 bits per heavy atom. The third kappa shape index (κ3) is 2.83. The summed E-state index contributed by atoms with van der Waals surface area (Å²) in [6.45, 7) is 0. The van der Waals surface area contributed by atoms with Crippen molar-refractivity contribution in [2.24, 2.45) is 7.05 Å². The highest BCUT2D eigenvalue weighted by Crippen LogP contribution is 2.14. The summed E-state index contributed by atoms with van der Waals surface area (Å²) in [6.07, 6.45) is 4.35. The zero-order valence-corrected chi connectivity index (χ0v) is 11.2. The first-order valence-corrected chi connectivity index (χ1v) is 6.87. The summed E-state index contributed by atoms with van der Waals surface area (Å²) >= 11 is 3.22. The van der Waals surface area contributed by atoms with E-state index < -0.39 is 10.0 Å². The van der Waals surface area contributed by atoms with Crippen molar-refractivity contribution in [3.8, 4) is 0 Å². The highest BCUT2D eigenvalue weighted by atomic mass is 79.9. The molecule has 2 rings (SSSR count). The van der Waals surface area contributed by atoms with Gasteiger partial charge in [-0.1, -0.05) is 0 Å². The summed E-state index contributed by atoms with van der Waals surface area (Å²) in [5.74, 6) is 0.249. The van der Waals surface area contributed by atoms with Crippen molar-refractivity contribution in [2.75, 3.05) is 4.72 Å². The van der Waals surface area contributed by atoms with Crippen molar-refractivity contribution in [2.45, 2.75) is 5.03 Å². The molecular weight excluding hydrogens is 308 g/mol. The Bertz CT molecular complexity index is 621. The summed E-state index contributed by atoms with van der Waals surface area (Å²) in [5, 5.41) is -0.0373. The van der Waals surface area contributed by atoms with Gasteiger partial charge in [-0.25, -0.2) is 9.97 Å². The van der Waals surface area contributed by atoms with Gasteiger partial charge in [0, 0.05) is 23.9 Å². The molecule has 0 spiro atoms. The van der Waals surface area contributed by atoms with Crippen LogP contribution in [-0.4, -0.2) is 23.0 Å². The van der Waals surface area contributed by atoms with Crippen molar-refractivity contribution in [1.29, 1.82) is 0 Å². The molecule has 0 unspecified atom stereocenters. The average molecular weight is 317 g/mol. The zero-order valence-electron chi connectivity index (χ0n) is 8.83.